The molecular weight excluding hydrogens is 370 g/mol. The van der Waals surface area contributed by atoms with Gasteiger partial charge in [-0.25, -0.2) is 0 Å². The molecular formula is C22H35N3O2S. The lowest BCUT2D eigenvalue weighted by molar-refractivity contribution is -0.0212. The van der Waals surface area contributed by atoms with Crippen LogP contribution in [0.15, 0.2) is 18.3 Å². The molecule has 2 heterocycles. The summed E-state index contributed by atoms with van der Waals surface area (Å²) in [6.07, 6.45) is 10.3. The van der Waals surface area contributed by atoms with Gasteiger partial charge < -0.3 is 19.5 Å². The first-order valence-corrected chi connectivity index (χ1v) is 12.3. The van der Waals surface area contributed by atoms with E-state index in [2.05, 4.69) is 16.5 Å². The Kier molecular flexibility index (Phi) is 6.69. The number of likely N-dealkylation sites (tertiary alicyclic amines) is 1. The number of carbonyl (C=O) groups is 1. The lowest BCUT2D eigenvalue weighted by atomic mass is 9.77. The van der Waals surface area contributed by atoms with Crippen LogP contribution in [0.3, 0.4) is 0 Å². The summed E-state index contributed by atoms with van der Waals surface area (Å²) >= 11 is 1.94. The van der Waals surface area contributed by atoms with Gasteiger partial charge in [0.25, 0.3) is 5.91 Å². The van der Waals surface area contributed by atoms with Gasteiger partial charge >= 0.3 is 0 Å². The lowest BCUT2D eigenvalue weighted by Gasteiger charge is -2.38. The predicted octanol–water partition coefficient (Wildman–Crippen LogP) is 3.01. The number of aryl methyl sites for hydroxylation is 1. The normalized spacial score (nSPS) is 30.4. The van der Waals surface area contributed by atoms with Gasteiger partial charge in [-0.1, -0.05) is 0 Å². The first-order valence-electron chi connectivity index (χ1n) is 10.9. The monoisotopic (exact) mass is 405 g/mol. The average molecular weight is 406 g/mol. The molecule has 1 amide bonds. The van der Waals surface area contributed by atoms with Crippen molar-refractivity contribution >= 4 is 17.7 Å². The number of rotatable bonds is 9. The van der Waals surface area contributed by atoms with E-state index in [1.165, 1.54) is 44.6 Å². The predicted molar refractivity (Wildman–Crippen MR) is 115 cm³/mol. The Hall–Kier alpha value is -0.980. The van der Waals surface area contributed by atoms with Crippen molar-refractivity contribution in [2.24, 2.45) is 24.8 Å². The molecule has 2 aliphatic carbocycles. The second-order valence-electron chi connectivity index (χ2n) is 9.00. The summed E-state index contributed by atoms with van der Waals surface area (Å²) in [5, 5.41) is 3.33. The average Bonchev–Trinajstić information content (AvgIpc) is 3.27. The summed E-state index contributed by atoms with van der Waals surface area (Å²) in [7, 11) is 1.93. The SMILES string of the molecule is CSCCCN1C[C@H]2C[C@H](OCC3CC3)[C@@H](NC(=O)c3cccn3C)C[C@H]2C1. The molecule has 28 heavy (non-hydrogen) atoms. The van der Waals surface area contributed by atoms with Crippen molar-refractivity contribution < 1.29 is 9.53 Å². The highest BCUT2D eigenvalue weighted by atomic mass is 32.2. The summed E-state index contributed by atoms with van der Waals surface area (Å²) < 4.78 is 8.26. The maximum atomic E-state index is 12.8. The fraction of sp³-hybridized carbons (Fsp3) is 0.773. The van der Waals surface area contributed by atoms with E-state index in [1.54, 1.807) is 0 Å². The number of nitrogens with zero attached hydrogens (tertiary/aromatic N) is 2. The molecule has 1 N–H and O–H groups in total. The fourth-order valence-electron chi connectivity index (χ4n) is 4.95. The van der Waals surface area contributed by atoms with Gasteiger partial charge in [-0.15, -0.1) is 0 Å². The van der Waals surface area contributed by atoms with Gasteiger partial charge in [0, 0.05) is 32.9 Å². The van der Waals surface area contributed by atoms with Crippen LogP contribution in [-0.2, 0) is 11.8 Å². The molecule has 3 aliphatic rings. The molecule has 0 spiro atoms. The summed E-state index contributed by atoms with van der Waals surface area (Å²) in [6, 6.07) is 3.95. The van der Waals surface area contributed by atoms with E-state index in [0.29, 0.717) is 5.92 Å². The van der Waals surface area contributed by atoms with Crippen molar-refractivity contribution in [1.82, 2.24) is 14.8 Å². The van der Waals surface area contributed by atoms with Crippen LogP contribution in [0.25, 0.3) is 0 Å². The molecule has 1 aliphatic heterocycles. The zero-order chi connectivity index (χ0) is 19.5. The van der Waals surface area contributed by atoms with E-state index in [1.807, 2.05) is 41.7 Å². The number of nitrogens with one attached hydrogen (secondary N) is 1. The molecule has 3 fully saturated rings. The molecule has 1 aromatic heterocycles. The Morgan fingerprint density at radius 1 is 1.29 bits per heavy atom. The molecule has 0 bridgehead atoms. The quantitative estimate of drug-likeness (QED) is 0.642. The van der Waals surface area contributed by atoms with Crippen LogP contribution in [0.2, 0.25) is 0 Å². The second-order valence-corrected chi connectivity index (χ2v) is 9.98. The fourth-order valence-corrected chi connectivity index (χ4v) is 5.36. The molecule has 2 saturated carbocycles. The lowest BCUT2D eigenvalue weighted by Crippen LogP contribution is -2.50. The highest BCUT2D eigenvalue weighted by molar-refractivity contribution is 7.98. The van der Waals surface area contributed by atoms with E-state index in [0.717, 1.165) is 37.0 Å². The molecule has 4 atom stereocenters. The van der Waals surface area contributed by atoms with E-state index in [-0.39, 0.29) is 18.1 Å². The molecule has 156 valence electrons. The Morgan fingerprint density at radius 2 is 2.07 bits per heavy atom. The number of hydrogen-bond donors (Lipinski definition) is 1. The Bertz CT molecular complexity index is 660. The van der Waals surface area contributed by atoms with Crippen molar-refractivity contribution in [2.75, 3.05) is 38.2 Å². The van der Waals surface area contributed by atoms with Gasteiger partial charge in [0.05, 0.1) is 12.1 Å². The third-order valence-electron chi connectivity index (χ3n) is 6.75. The number of amides is 1. The van der Waals surface area contributed by atoms with Crippen LogP contribution in [-0.4, -0.2) is 65.8 Å². The van der Waals surface area contributed by atoms with Gasteiger partial charge in [-0.05, 0) is 80.5 Å². The topological polar surface area (TPSA) is 46.5 Å². The summed E-state index contributed by atoms with van der Waals surface area (Å²) in [4.78, 5) is 15.5. The maximum absolute atomic E-state index is 12.8. The Balaban J connectivity index is 1.38. The van der Waals surface area contributed by atoms with Crippen LogP contribution < -0.4 is 5.32 Å². The maximum Gasteiger partial charge on any atom is 0.268 e. The minimum Gasteiger partial charge on any atom is -0.376 e. The zero-order valence-electron chi connectivity index (χ0n) is 17.3. The smallest absolute Gasteiger partial charge is 0.268 e. The molecule has 1 aromatic rings. The van der Waals surface area contributed by atoms with E-state index in [4.69, 9.17) is 4.74 Å². The molecule has 0 aromatic carbocycles. The minimum atomic E-state index is 0.0331. The van der Waals surface area contributed by atoms with Gasteiger partial charge in [0.15, 0.2) is 0 Å². The molecule has 6 heteroatoms. The standard InChI is InChI=1S/C22H35N3O2S/c1-24-8-3-5-20(24)22(26)23-19-11-17-13-25(9-4-10-28-2)14-18(17)12-21(19)27-15-16-6-7-16/h3,5,8,16-19,21H,4,6-7,9-15H2,1-2H3,(H,23,26)/t17-,18+,19-,21-/m0/s1. The second kappa shape index (κ2) is 9.23. The minimum absolute atomic E-state index is 0.0331. The van der Waals surface area contributed by atoms with Gasteiger partial charge in [0.2, 0.25) is 0 Å². The van der Waals surface area contributed by atoms with E-state index in [9.17, 15) is 4.79 Å². The number of ether oxygens (including phenoxy) is 1. The molecule has 0 unspecified atom stereocenters. The highest BCUT2D eigenvalue weighted by Gasteiger charge is 2.43. The molecule has 0 radical (unpaired) electrons. The first-order chi connectivity index (χ1) is 13.6. The van der Waals surface area contributed by atoms with Crippen LogP contribution in [0.1, 0.15) is 42.6 Å². The number of aromatic nitrogens is 1. The summed E-state index contributed by atoms with van der Waals surface area (Å²) in [5.41, 5.74) is 0.730. The Labute approximate surface area is 173 Å². The van der Waals surface area contributed by atoms with E-state index >= 15 is 0 Å². The van der Waals surface area contributed by atoms with Crippen molar-refractivity contribution in [3.05, 3.63) is 24.0 Å². The number of carbonyl (C=O) groups excluding carboxylic acids is 1. The number of hydrogen-bond acceptors (Lipinski definition) is 4. The van der Waals surface area contributed by atoms with Gasteiger partial charge in [-0.2, -0.15) is 11.8 Å². The van der Waals surface area contributed by atoms with Gasteiger partial charge in [-0.3, -0.25) is 4.79 Å². The van der Waals surface area contributed by atoms with Crippen LogP contribution in [0.5, 0.6) is 0 Å². The largest absolute Gasteiger partial charge is 0.376 e. The van der Waals surface area contributed by atoms with Crippen molar-refractivity contribution in [3.8, 4) is 0 Å². The highest BCUT2D eigenvalue weighted by Crippen LogP contribution is 2.39. The number of thioether (sulfide) groups is 1. The van der Waals surface area contributed by atoms with Crippen molar-refractivity contribution in [2.45, 2.75) is 44.2 Å². The summed E-state index contributed by atoms with van der Waals surface area (Å²) in [5.74, 6) is 3.45. The van der Waals surface area contributed by atoms with Crippen LogP contribution in [0.4, 0.5) is 0 Å². The molecule has 1 saturated heterocycles. The molecule has 5 nitrogen and oxygen atoms in total. The first kappa shape index (κ1) is 20.3. The third kappa shape index (κ3) is 4.95. The van der Waals surface area contributed by atoms with E-state index < -0.39 is 0 Å². The van der Waals surface area contributed by atoms with Crippen LogP contribution >= 0.6 is 11.8 Å². The van der Waals surface area contributed by atoms with Gasteiger partial charge in [0.1, 0.15) is 5.69 Å². The Morgan fingerprint density at radius 3 is 2.75 bits per heavy atom. The number of fused-ring (bicyclic) bond motifs is 1. The third-order valence-corrected chi connectivity index (χ3v) is 7.45. The van der Waals surface area contributed by atoms with Crippen LogP contribution in [0, 0.1) is 17.8 Å². The zero-order valence-corrected chi connectivity index (χ0v) is 18.1. The molecule has 4 rings (SSSR count). The summed E-state index contributed by atoms with van der Waals surface area (Å²) in [6.45, 7) is 4.48. The van der Waals surface area contributed by atoms with Crippen molar-refractivity contribution in [1.29, 1.82) is 0 Å². The van der Waals surface area contributed by atoms with Crippen molar-refractivity contribution in [3.63, 3.8) is 0 Å².